The molecule has 1 aromatic carbocycles. The molecule has 0 radical (unpaired) electrons. The molecule has 0 bridgehead atoms. The van der Waals surface area contributed by atoms with Crippen LogP contribution in [0, 0.1) is 5.82 Å². The summed E-state index contributed by atoms with van der Waals surface area (Å²) in [6.45, 7) is 1.51. The number of piperidine rings is 1. The fourth-order valence-electron chi connectivity index (χ4n) is 3.70. The molecular formula is C22H26FN3O4S. The molecule has 1 aliphatic rings. The summed E-state index contributed by atoms with van der Waals surface area (Å²) >= 11 is 4.68. The van der Waals surface area contributed by atoms with E-state index in [1.807, 2.05) is 17.0 Å². The summed E-state index contributed by atoms with van der Waals surface area (Å²) in [7, 11) is 1.30. The molecule has 31 heavy (non-hydrogen) atoms. The molecule has 0 saturated carbocycles. The highest BCUT2D eigenvalue weighted by Crippen LogP contribution is 2.31. The molecule has 1 fully saturated rings. The first kappa shape index (κ1) is 23.0. The summed E-state index contributed by atoms with van der Waals surface area (Å²) < 4.78 is 21.1. The van der Waals surface area contributed by atoms with E-state index in [-0.39, 0.29) is 17.2 Å². The second-order valence-corrected chi connectivity index (χ2v) is 8.07. The van der Waals surface area contributed by atoms with Gasteiger partial charge < -0.3 is 9.84 Å². The summed E-state index contributed by atoms with van der Waals surface area (Å²) in [5.74, 6) is -1.79. The van der Waals surface area contributed by atoms with Gasteiger partial charge in [0.1, 0.15) is 11.9 Å². The zero-order valence-corrected chi connectivity index (χ0v) is 18.2. The first-order valence-corrected chi connectivity index (χ1v) is 10.6. The third-order valence-electron chi connectivity index (χ3n) is 5.27. The second-order valence-electron chi connectivity index (χ2n) is 7.44. The van der Waals surface area contributed by atoms with Crippen molar-refractivity contribution in [3.05, 3.63) is 59.2 Å². The van der Waals surface area contributed by atoms with Crippen molar-refractivity contribution in [3.8, 4) is 0 Å². The molecular weight excluding hydrogens is 421 g/mol. The molecule has 7 nitrogen and oxygen atoms in total. The van der Waals surface area contributed by atoms with Crippen LogP contribution in [-0.4, -0.2) is 57.2 Å². The van der Waals surface area contributed by atoms with E-state index in [0.717, 1.165) is 11.3 Å². The molecule has 1 aromatic heterocycles. The molecule has 0 aliphatic carbocycles. The van der Waals surface area contributed by atoms with Crippen molar-refractivity contribution < 1.29 is 23.8 Å². The van der Waals surface area contributed by atoms with Gasteiger partial charge in [0.05, 0.1) is 12.8 Å². The number of carboxylic acids is 1. The molecule has 2 heterocycles. The number of esters is 1. The van der Waals surface area contributed by atoms with E-state index < -0.39 is 23.8 Å². The minimum atomic E-state index is -0.844. The van der Waals surface area contributed by atoms with E-state index in [0.29, 0.717) is 32.5 Å². The number of carbonyl (C=O) groups is 2. The minimum absolute atomic E-state index is 0.00710. The molecule has 2 unspecified atom stereocenters. The number of carbonyl (C=O) groups excluding carboxylic acids is 1. The fourth-order valence-corrected chi connectivity index (χ4v) is 3.97. The first-order chi connectivity index (χ1) is 14.9. The molecule has 0 spiro atoms. The summed E-state index contributed by atoms with van der Waals surface area (Å²) in [5.41, 5.74) is 1.98. The third kappa shape index (κ3) is 5.95. The largest absolute Gasteiger partial charge is 0.481 e. The van der Waals surface area contributed by atoms with E-state index in [9.17, 15) is 14.0 Å². The average molecular weight is 448 g/mol. The summed E-state index contributed by atoms with van der Waals surface area (Å²) in [4.78, 5) is 25.1. The van der Waals surface area contributed by atoms with Crippen molar-refractivity contribution >= 4 is 30.6 Å². The topological polar surface area (TPSA) is 84.7 Å². The van der Waals surface area contributed by atoms with E-state index >= 15 is 0 Å². The predicted molar refractivity (Wildman–Crippen MR) is 117 cm³/mol. The van der Waals surface area contributed by atoms with Crippen LogP contribution in [0.4, 0.5) is 4.39 Å². The highest BCUT2D eigenvalue weighted by atomic mass is 32.1. The van der Waals surface area contributed by atoms with Gasteiger partial charge in [-0.2, -0.15) is 17.7 Å². The van der Waals surface area contributed by atoms with Crippen molar-refractivity contribution in [2.45, 2.75) is 37.1 Å². The molecule has 0 amide bonds. The fraction of sp³-hybridized carbons (Fsp3) is 0.409. The van der Waals surface area contributed by atoms with Gasteiger partial charge in [-0.1, -0.05) is 18.2 Å². The molecule has 2 atom stereocenters. The predicted octanol–water partition coefficient (Wildman–Crippen LogP) is 3.19. The quantitative estimate of drug-likeness (QED) is 0.478. The lowest BCUT2D eigenvalue weighted by Crippen LogP contribution is -2.42. The number of likely N-dealkylation sites (tertiary alicyclic amines) is 1. The number of rotatable bonds is 8. The number of halogens is 1. The number of aryl methyl sites for hydroxylation is 1. The Kier molecular flexibility index (Phi) is 7.86. The Labute approximate surface area is 185 Å². The van der Waals surface area contributed by atoms with Gasteiger partial charge in [0.25, 0.3) is 0 Å². The van der Waals surface area contributed by atoms with Gasteiger partial charge in [0, 0.05) is 43.1 Å². The number of aromatic nitrogens is 2. The van der Waals surface area contributed by atoms with Crippen molar-refractivity contribution in [3.63, 3.8) is 0 Å². The number of thiol groups is 1. The van der Waals surface area contributed by atoms with Crippen LogP contribution in [0.5, 0.6) is 0 Å². The van der Waals surface area contributed by atoms with Crippen LogP contribution in [-0.2, 0) is 20.9 Å². The Hall–Kier alpha value is -2.65. The Bertz CT molecular complexity index is 962. The number of benzene rings is 1. The maximum atomic E-state index is 14.5. The highest BCUT2D eigenvalue weighted by molar-refractivity contribution is 7.81. The van der Waals surface area contributed by atoms with E-state index in [4.69, 9.17) is 9.84 Å². The Morgan fingerprint density at radius 2 is 2.16 bits per heavy atom. The summed E-state index contributed by atoms with van der Waals surface area (Å²) in [6, 6.07) is 7.24. The molecule has 1 N–H and O–H groups in total. The zero-order chi connectivity index (χ0) is 22.4. The molecule has 3 rings (SSSR count). The second kappa shape index (κ2) is 10.6. The summed E-state index contributed by atoms with van der Waals surface area (Å²) in [5, 5.41) is 13.2. The highest BCUT2D eigenvalue weighted by Gasteiger charge is 2.34. The van der Waals surface area contributed by atoms with Crippen LogP contribution < -0.4 is 0 Å². The first-order valence-electron chi connectivity index (χ1n) is 10.1. The summed E-state index contributed by atoms with van der Waals surface area (Å²) in [6.07, 6.45) is 5.01. The Morgan fingerprint density at radius 1 is 1.39 bits per heavy atom. The van der Waals surface area contributed by atoms with Gasteiger partial charge in [0.2, 0.25) is 0 Å². The monoisotopic (exact) mass is 447 g/mol. The van der Waals surface area contributed by atoms with Crippen LogP contribution >= 0.6 is 12.6 Å². The SMILES string of the molecule is COC(=O)C(c1ccccc1F)N1CCC(S)/C(=C\c2ccn(CCCC(=O)O)n2)C1. The lowest BCUT2D eigenvalue weighted by atomic mass is 9.97. The maximum absolute atomic E-state index is 14.5. The number of hydrogen-bond donors (Lipinski definition) is 2. The number of aliphatic carboxylic acids is 1. The molecule has 1 aliphatic heterocycles. The Balaban J connectivity index is 1.78. The standard InChI is InChI=1S/C22H26FN3O4S/c1-30-22(29)21(17-5-2-3-6-18(17)23)25-11-9-19(31)15(14-25)13-16-8-12-26(24-16)10-4-7-20(27)28/h2-3,5-6,8,12-13,19,21,31H,4,7,9-11,14H2,1H3,(H,27,28)/b15-13-. The molecule has 166 valence electrons. The van der Waals surface area contributed by atoms with Crippen LogP contribution in [0.25, 0.3) is 6.08 Å². The molecule has 2 aromatic rings. The van der Waals surface area contributed by atoms with E-state index in [1.54, 1.807) is 29.1 Å². The molecule has 1 saturated heterocycles. The van der Waals surface area contributed by atoms with Gasteiger partial charge in [-0.25, -0.2) is 9.18 Å². The number of methoxy groups -OCH3 is 1. The maximum Gasteiger partial charge on any atom is 0.327 e. The van der Waals surface area contributed by atoms with Crippen LogP contribution in [0.1, 0.15) is 36.6 Å². The number of hydrogen-bond acceptors (Lipinski definition) is 6. The van der Waals surface area contributed by atoms with E-state index in [1.165, 1.54) is 13.2 Å². The zero-order valence-electron chi connectivity index (χ0n) is 17.3. The smallest absolute Gasteiger partial charge is 0.327 e. The van der Waals surface area contributed by atoms with Crippen molar-refractivity contribution in [1.29, 1.82) is 0 Å². The average Bonchev–Trinajstić information content (AvgIpc) is 3.18. The van der Waals surface area contributed by atoms with Crippen LogP contribution in [0.15, 0.2) is 42.1 Å². The van der Waals surface area contributed by atoms with Gasteiger partial charge in [-0.05, 0) is 36.6 Å². The number of nitrogens with zero attached hydrogens (tertiary/aromatic N) is 3. The number of carboxylic acid groups (broad SMARTS) is 1. The normalized spacial score (nSPS) is 19.3. The van der Waals surface area contributed by atoms with Crippen LogP contribution in [0.2, 0.25) is 0 Å². The lowest BCUT2D eigenvalue weighted by molar-refractivity contribution is -0.147. The van der Waals surface area contributed by atoms with Crippen molar-refractivity contribution in [2.24, 2.45) is 0 Å². The Morgan fingerprint density at radius 3 is 2.87 bits per heavy atom. The van der Waals surface area contributed by atoms with Crippen LogP contribution in [0.3, 0.4) is 0 Å². The van der Waals surface area contributed by atoms with Gasteiger partial charge in [-0.15, -0.1) is 0 Å². The third-order valence-corrected chi connectivity index (χ3v) is 5.86. The van der Waals surface area contributed by atoms with Gasteiger partial charge >= 0.3 is 11.9 Å². The van der Waals surface area contributed by atoms with E-state index in [2.05, 4.69) is 17.7 Å². The van der Waals surface area contributed by atoms with Crippen molar-refractivity contribution in [1.82, 2.24) is 14.7 Å². The van der Waals surface area contributed by atoms with Gasteiger partial charge in [0.15, 0.2) is 0 Å². The minimum Gasteiger partial charge on any atom is -0.481 e. The lowest BCUT2D eigenvalue weighted by Gasteiger charge is -2.36. The van der Waals surface area contributed by atoms with Crippen molar-refractivity contribution in [2.75, 3.05) is 20.2 Å². The molecule has 9 heteroatoms. The number of ether oxygens (including phenoxy) is 1. The van der Waals surface area contributed by atoms with Gasteiger partial charge in [-0.3, -0.25) is 14.4 Å².